The van der Waals surface area contributed by atoms with E-state index in [2.05, 4.69) is 12.2 Å². The van der Waals surface area contributed by atoms with E-state index in [1.807, 2.05) is 0 Å². The summed E-state index contributed by atoms with van der Waals surface area (Å²) in [6, 6.07) is 4.69. The van der Waals surface area contributed by atoms with E-state index in [9.17, 15) is 4.39 Å². The molecule has 2 atom stereocenters. The maximum absolute atomic E-state index is 13.9. The van der Waals surface area contributed by atoms with Crippen molar-refractivity contribution in [3.8, 4) is 0 Å². The SMILES string of the molecule is CCCNC(Cc1cc(Cl)ccc1F)C1COCCO1. The lowest BCUT2D eigenvalue weighted by Crippen LogP contribution is -2.48. The van der Waals surface area contributed by atoms with Crippen molar-refractivity contribution >= 4 is 11.6 Å². The summed E-state index contributed by atoms with van der Waals surface area (Å²) in [6.45, 7) is 4.73. The summed E-state index contributed by atoms with van der Waals surface area (Å²) in [5.74, 6) is -0.227. The second kappa shape index (κ2) is 7.93. The molecule has 1 aromatic carbocycles. The first kappa shape index (κ1) is 15.7. The molecule has 2 rings (SSSR count). The van der Waals surface area contributed by atoms with Gasteiger partial charge in [-0.2, -0.15) is 0 Å². The van der Waals surface area contributed by atoms with Crippen LogP contribution in [0, 0.1) is 5.82 Å². The molecule has 20 heavy (non-hydrogen) atoms. The molecule has 1 N–H and O–H groups in total. The molecule has 3 nitrogen and oxygen atoms in total. The molecule has 1 aliphatic rings. The third kappa shape index (κ3) is 4.42. The number of halogens is 2. The summed E-state index contributed by atoms with van der Waals surface area (Å²) in [4.78, 5) is 0. The molecule has 0 amide bonds. The summed E-state index contributed by atoms with van der Waals surface area (Å²) in [7, 11) is 0. The maximum atomic E-state index is 13.9. The Labute approximate surface area is 124 Å². The van der Waals surface area contributed by atoms with Gasteiger partial charge in [-0.05, 0) is 43.1 Å². The van der Waals surface area contributed by atoms with E-state index in [-0.39, 0.29) is 18.0 Å². The highest BCUT2D eigenvalue weighted by atomic mass is 35.5. The Morgan fingerprint density at radius 2 is 2.30 bits per heavy atom. The molecule has 112 valence electrons. The zero-order valence-corrected chi connectivity index (χ0v) is 12.5. The third-order valence-corrected chi connectivity index (χ3v) is 3.63. The second-order valence-corrected chi connectivity index (χ2v) is 5.42. The number of ether oxygens (including phenoxy) is 2. The Morgan fingerprint density at radius 3 is 3.00 bits per heavy atom. The predicted molar refractivity (Wildman–Crippen MR) is 77.8 cm³/mol. The van der Waals surface area contributed by atoms with Crippen LogP contribution >= 0.6 is 11.6 Å². The topological polar surface area (TPSA) is 30.5 Å². The number of rotatable bonds is 6. The quantitative estimate of drug-likeness (QED) is 0.876. The van der Waals surface area contributed by atoms with Gasteiger partial charge >= 0.3 is 0 Å². The first-order valence-electron chi connectivity index (χ1n) is 7.07. The molecular weight excluding hydrogens is 281 g/mol. The third-order valence-electron chi connectivity index (χ3n) is 3.39. The van der Waals surface area contributed by atoms with E-state index in [4.69, 9.17) is 21.1 Å². The van der Waals surface area contributed by atoms with Crippen LogP contribution in [0.2, 0.25) is 5.02 Å². The highest BCUT2D eigenvalue weighted by molar-refractivity contribution is 6.30. The van der Waals surface area contributed by atoms with Crippen molar-refractivity contribution in [3.05, 3.63) is 34.6 Å². The lowest BCUT2D eigenvalue weighted by molar-refractivity contribution is -0.101. The average Bonchev–Trinajstić information content (AvgIpc) is 2.48. The zero-order chi connectivity index (χ0) is 14.4. The van der Waals surface area contributed by atoms with Crippen molar-refractivity contribution in [3.63, 3.8) is 0 Å². The number of hydrogen-bond donors (Lipinski definition) is 1. The molecule has 0 bridgehead atoms. The van der Waals surface area contributed by atoms with E-state index in [0.29, 0.717) is 36.8 Å². The average molecular weight is 302 g/mol. The fourth-order valence-corrected chi connectivity index (χ4v) is 2.53. The van der Waals surface area contributed by atoms with Gasteiger partial charge in [0.15, 0.2) is 0 Å². The molecule has 0 radical (unpaired) electrons. The Bertz CT molecular complexity index is 424. The van der Waals surface area contributed by atoms with Gasteiger partial charge in [0.1, 0.15) is 5.82 Å². The van der Waals surface area contributed by atoms with Crippen LogP contribution in [0.1, 0.15) is 18.9 Å². The van der Waals surface area contributed by atoms with Gasteiger partial charge in [-0.1, -0.05) is 18.5 Å². The van der Waals surface area contributed by atoms with E-state index in [1.165, 1.54) is 6.07 Å². The van der Waals surface area contributed by atoms with Crippen molar-refractivity contribution in [2.24, 2.45) is 0 Å². The van der Waals surface area contributed by atoms with Crippen molar-refractivity contribution in [2.75, 3.05) is 26.4 Å². The monoisotopic (exact) mass is 301 g/mol. The van der Waals surface area contributed by atoms with Gasteiger partial charge in [0.25, 0.3) is 0 Å². The highest BCUT2D eigenvalue weighted by Gasteiger charge is 2.25. The van der Waals surface area contributed by atoms with E-state index in [1.54, 1.807) is 12.1 Å². The van der Waals surface area contributed by atoms with Gasteiger partial charge in [-0.25, -0.2) is 4.39 Å². The molecular formula is C15H21ClFNO2. The lowest BCUT2D eigenvalue weighted by Gasteiger charge is -2.31. The minimum atomic E-state index is -0.227. The van der Waals surface area contributed by atoms with Crippen molar-refractivity contribution < 1.29 is 13.9 Å². The van der Waals surface area contributed by atoms with Crippen LogP contribution in [-0.4, -0.2) is 38.5 Å². The zero-order valence-electron chi connectivity index (χ0n) is 11.7. The highest BCUT2D eigenvalue weighted by Crippen LogP contribution is 2.19. The molecule has 0 aromatic heterocycles. The summed E-state index contributed by atoms with van der Waals surface area (Å²) in [5, 5.41) is 3.97. The van der Waals surface area contributed by atoms with Gasteiger partial charge in [0.2, 0.25) is 0 Å². The van der Waals surface area contributed by atoms with Crippen molar-refractivity contribution in [1.82, 2.24) is 5.32 Å². The molecule has 1 saturated heterocycles. The summed E-state index contributed by atoms with van der Waals surface area (Å²) in [6.07, 6.45) is 1.51. The summed E-state index contributed by atoms with van der Waals surface area (Å²) in [5.41, 5.74) is 0.611. The van der Waals surface area contributed by atoms with Crippen molar-refractivity contribution in [1.29, 1.82) is 0 Å². The van der Waals surface area contributed by atoms with Crippen LogP contribution in [0.5, 0.6) is 0 Å². The van der Waals surface area contributed by atoms with E-state index >= 15 is 0 Å². The first-order chi connectivity index (χ1) is 9.70. The van der Waals surface area contributed by atoms with Crippen LogP contribution in [-0.2, 0) is 15.9 Å². The smallest absolute Gasteiger partial charge is 0.126 e. The second-order valence-electron chi connectivity index (χ2n) is 4.98. The van der Waals surface area contributed by atoms with Gasteiger partial charge in [0, 0.05) is 11.1 Å². The first-order valence-corrected chi connectivity index (χ1v) is 7.45. The molecule has 1 aromatic rings. The van der Waals surface area contributed by atoms with Crippen LogP contribution in [0.15, 0.2) is 18.2 Å². The Kier molecular flexibility index (Phi) is 6.23. The normalized spacial score (nSPS) is 20.9. The summed E-state index contributed by atoms with van der Waals surface area (Å²) >= 11 is 5.95. The molecule has 5 heteroatoms. The van der Waals surface area contributed by atoms with Crippen LogP contribution < -0.4 is 5.32 Å². The van der Waals surface area contributed by atoms with Crippen molar-refractivity contribution in [2.45, 2.75) is 31.9 Å². The minimum absolute atomic E-state index is 0.0308. The van der Waals surface area contributed by atoms with Gasteiger partial charge in [-0.15, -0.1) is 0 Å². The molecule has 0 aliphatic carbocycles. The van der Waals surface area contributed by atoms with Gasteiger partial charge in [0.05, 0.1) is 25.9 Å². The molecule has 1 heterocycles. The fraction of sp³-hybridized carbons (Fsp3) is 0.600. The van der Waals surface area contributed by atoms with Crippen LogP contribution in [0.4, 0.5) is 4.39 Å². The molecule has 0 spiro atoms. The maximum Gasteiger partial charge on any atom is 0.126 e. The molecule has 1 aliphatic heterocycles. The Hall–Kier alpha value is -0.680. The fourth-order valence-electron chi connectivity index (χ4n) is 2.34. The number of hydrogen-bond acceptors (Lipinski definition) is 3. The predicted octanol–water partition coefficient (Wildman–Crippen LogP) is 2.81. The Balaban J connectivity index is 2.07. The van der Waals surface area contributed by atoms with E-state index < -0.39 is 0 Å². The lowest BCUT2D eigenvalue weighted by atomic mass is 10.0. The molecule has 0 saturated carbocycles. The summed E-state index contributed by atoms with van der Waals surface area (Å²) < 4.78 is 25.0. The van der Waals surface area contributed by atoms with Crippen LogP contribution in [0.3, 0.4) is 0 Å². The minimum Gasteiger partial charge on any atom is -0.376 e. The number of benzene rings is 1. The van der Waals surface area contributed by atoms with E-state index in [0.717, 1.165) is 13.0 Å². The number of nitrogens with one attached hydrogen (secondary N) is 1. The van der Waals surface area contributed by atoms with Gasteiger partial charge in [-0.3, -0.25) is 0 Å². The molecule has 2 unspecified atom stereocenters. The Morgan fingerprint density at radius 1 is 1.45 bits per heavy atom. The van der Waals surface area contributed by atoms with Crippen LogP contribution in [0.25, 0.3) is 0 Å². The van der Waals surface area contributed by atoms with Gasteiger partial charge < -0.3 is 14.8 Å². The largest absolute Gasteiger partial charge is 0.376 e. The standard InChI is InChI=1S/C15H21ClFNO2/c1-2-5-18-14(15-10-19-6-7-20-15)9-11-8-12(16)3-4-13(11)17/h3-4,8,14-15,18H,2,5-7,9-10H2,1H3. The molecule has 1 fully saturated rings.